The number of ether oxygens (including phenoxy) is 1. The van der Waals surface area contributed by atoms with Gasteiger partial charge in [-0.2, -0.15) is 0 Å². The summed E-state index contributed by atoms with van der Waals surface area (Å²) in [6.07, 6.45) is 2.29. The van der Waals surface area contributed by atoms with Crippen LogP contribution >= 0.6 is 15.9 Å². The van der Waals surface area contributed by atoms with Gasteiger partial charge in [0.15, 0.2) is 0 Å². The SMILES string of the molecule is CC(C)Oc1cccc(C(=O)NCC(C)(C)CCCBr)c1. The molecule has 0 radical (unpaired) electrons. The molecule has 21 heavy (non-hydrogen) atoms. The maximum atomic E-state index is 12.2. The zero-order chi connectivity index (χ0) is 15.9. The van der Waals surface area contributed by atoms with E-state index in [9.17, 15) is 4.79 Å². The molecule has 0 aromatic heterocycles. The van der Waals surface area contributed by atoms with Crippen molar-refractivity contribution in [3.05, 3.63) is 29.8 Å². The Labute approximate surface area is 136 Å². The Kier molecular flexibility index (Phi) is 7.23. The van der Waals surface area contributed by atoms with Gasteiger partial charge in [-0.1, -0.05) is 35.8 Å². The van der Waals surface area contributed by atoms with Gasteiger partial charge in [0.25, 0.3) is 5.91 Å². The van der Waals surface area contributed by atoms with E-state index in [0.29, 0.717) is 12.1 Å². The number of rotatable bonds is 8. The lowest BCUT2D eigenvalue weighted by molar-refractivity contribution is 0.0934. The summed E-state index contributed by atoms with van der Waals surface area (Å²) in [7, 11) is 0. The molecule has 0 aliphatic rings. The van der Waals surface area contributed by atoms with Gasteiger partial charge in [-0.3, -0.25) is 4.79 Å². The van der Waals surface area contributed by atoms with Crippen LogP contribution in [0.4, 0.5) is 0 Å². The number of amides is 1. The predicted octanol–water partition coefficient (Wildman–Crippen LogP) is 4.40. The Balaban J connectivity index is 2.59. The van der Waals surface area contributed by atoms with Gasteiger partial charge in [0, 0.05) is 17.4 Å². The fraction of sp³-hybridized carbons (Fsp3) is 0.588. The molecule has 0 saturated carbocycles. The van der Waals surface area contributed by atoms with E-state index in [2.05, 4.69) is 35.1 Å². The van der Waals surface area contributed by atoms with Crippen LogP contribution in [0.3, 0.4) is 0 Å². The van der Waals surface area contributed by atoms with E-state index < -0.39 is 0 Å². The highest BCUT2D eigenvalue weighted by Crippen LogP contribution is 2.22. The minimum absolute atomic E-state index is 0.0453. The average molecular weight is 356 g/mol. The summed E-state index contributed by atoms with van der Waals surface area (Å²) in [4.78, 5) is 12.2. The van der Waals surface area contributed by atoms with E-state index in [0.717, 1.165) is 23.9 Å². The zero-order valence-corrected chi connectivity index (χ0v) is 15.0. The van der Waals surface area contributed by atoms with E-state index in [-0.39, 0.29) is 17.4 Å². The molecule has 4 heteroatoms. The third-order valence-corrected chi connectivity index (χ3v) is 3.74. The summed E-state index contributed by atoms with van der Waals surface area (Å²) in [6, 6.07) is 7.33. The highest BCUT2D eigenvalue weighted by atomic mass is 79.9. The van der Waals surface area contributed by atoms with Crippen LogP contribution in [-0.2, 0) is 0 Å². The molecule has 118 valence electrons. The topological polar surface area (TPSA) is 38.3 Å². The Hall–Kier alpha value is -1.03. The molecule has 0 heterocycles. The molecule has 0 saturated heterocycles. The molecule has 1 aromatic carbocycles. The monoisotopic (exact) mass is 355 g/mol. The molecule has 0 aliphatic carbocycles. The Bertz CT molecular complexity index is 458. The maximum Gasteiger partial charge on any atom is 0.251 e. The summed E-state index contributed by atoms with van der Waals surface area (Å²) < 4.78 is 5.62. The van der Waals surface area contributed by atoms with E-state index in [1.54, 1.807) is 6.07 Å². The molecule has 1 aromatic rings. The lowest BCUT2D eigenvalue weighted by Crippen LogP contribution is -2.34. The second kappa shape index (κ2) is 8.42. The molecule has 1 rings (SSSR count). The summed E-state index contributed by atoms with van der Waals surface area (Å²) in [5, 5.41) is 4.02. The van der Waals surface area contributed by atoms with Gasteiger partial charge < -0.3 is 10.1 Å². The summed E-state index contributed by atoms with van der Waals surface area (Å²) in [5.41, 5.74) is 0.750. The number of carbonyl (C=O) groups excluding carboxylic acids is 1. The molecule has 0 spiro atoms. The normalized spacial score (nSPS) is 11.5. The van der Waals surface area contributed by atoms with Crippen LogP contribution in [-0.4, -0.2) is 23.9 Å². The van der Waals surface area contributed by atoms with Gasteiger partial charge >= 0.3 is 0 Å². The van der Waals surface area contributed by atoms with Crippen molar-refractivity contribution in [2.45, 2.75) is 46.6 Å². The van der Waals surface area contributed by atoms with Crippen LogP contribution in [0.1, 0.15) is 50.9 Å². The summed E-state index contributed by atoms with van der Waals surface area (Å²) >= 11 is 3.45. The van der Waals surface area contributed by atoms with E-state index >= 15 is 0 Å². The van der Waals surface area contributed by atoms with Crippen LogP contribution in [0.5, 0.6) is 5.75 Å². The predicted molar refractivity (Wildman–Crippen MR) is 91.3 cm³/mol. The molecule has 0 bridgehead atoms. The first kappa shape index (κ1) is 18.0. The summed E-state index contributed by atoms with van der Waals surface area (Å²) in [6.45, 7) is 8.97. The fourth-order valence-corrected chi connectivity index (χ4v) is 2.32. The highest BCUT2D eigenvalue weighted by molar-refractivity contribution is 9.09. The minimum Gasteiger partial charge on any atom is -0.491 e. The number of alkyl halides is 1. The molecule has 1 N–H and O–H groups in total. The third kappa shape index (κ3) is 6.98. The first-order valence-electron chi connectivity index (χ1n) is 7.45. The van der Waals surface area contributed by atoms with Gasteiger partial charge in [-0.25, -0.2) is 0 Å². The first-order valence-corrected chi connectivity index (χ1v) is 8.57. The van der Waals surface area contributed by atoms with E-state index in [1.165, 1.54) is 0 Å². The third-order valence-electron chi connectivity index (χ3n) is 3.18. The molecule has 0 fully saturated rings. The van der Waals surface area contributed by atoms with Gasteiger partial charge in [0.05, 0.1) is 6.10 Å². The number of carbonyl (C=O) groups is 1. The van der Waals surface area contributed by atoms with Crippen molar-refractivity contribution in [1.29, 1.82) is 0 Å². The van der Waals surface area contributed by atoms with E-state index in [1.807, 2.05) is 32.0 Å². The molecule has 3 nitrogen and oxygen atoms in total. The van der Waals surface area contributed by atoms with Gasteiger partial charge in [-0.05, 0) is 50.3 Å². The number of nitrogens with one attached hydrogen (secondary N) is 1. The van der Waals surface area contributed by atoms with Crippen LogP contribution in [0.25, 0.3) is 0 Å². The highest BCUT2D eigenvalue weighted by Gasteiger charge is 2.18. The van der Waals surface area contributed by atoms with Crippen molar-refractivity contribution in [3.63, 3.8) is 0 Å². The van der Waals surface area contributed by atoms with Gasteiger partial charge in [0.1, 0.15) is 5.75 Å². The Morgan fingerprint density at radius 2 is 2.10 bits per heavy atom. The standard InChI is InChI=1S/C17H26BrNO2/c1-13(2)21-15-8-5-7-14(11-15)16(20)19-12-17(3,4)9-6-10-18/h5,7-8,11,13H,6,9-10,12H2,1-4H3,(H,19,20). The van der Waals surface area contributed by atoms with Gasteiger partial charge in [-0.15, -0.1) is 0 Å². The second-order valence-corrected chi connectivity index (χ2v) is 7.13. The largest absolute Gasteiger partial charge is 0.491 e. The second-order valence-electron chi connectivity index (χ2n) is 6.33. The smallest absolute Gasteiger partial charge is 0.251 e. The van der Waals surface area contributed by atoms with Crippen LogP contribution in [0.2, 0.25) is 0 Å². The van der Waals surface area contributed by atoms with Crippen LogP contribution in [0, 0.1) is 5.41 Å². The molecule has 0 aliphatic heterocycles. The van der Waals surface area contributed by atoms with Gasteiger partial charge in [0.2, 0.25) is 0 Å². The van der Waals surface area contributed by atoms with E-state index in [4.69, 9.17) is 4.74 Å². The van der Waals surface area contributed by atoms with Crippen molar-refractivity contribution >= 4 is 21.8 Å². The Morgan fingerprint density at radius 1 is 1.38 bits per heavy atom. The van der Waals surface area contributed by atoms with Crippen molar-refractivity contribution in [1.82, 2.24) is 5.32 Å². The zero-order valence-electron chi connectivity index (χ0n) is 13.4. The first-order chi connectivity index (χ1) is 9.84. The Morgan fingerprint density at radius 3 is 2.71 bits per heavy atom. The lowest BCUT2D eigenvalue weighted by Gasteiger charge is -2.24. The number of benzene rings is 1. The molecule has 0 unspecified atom stereocenters. The van der Waals surface area contributed by atoms with Crippen molar-refractivity contribution in [2.75, 3.05) is 11.9 Å². The minimum atomic E-state index is -0.0453. The van der Waals surface area contributed by atoms with Crippen molar-refractivity contribution in [2.24, 2.45) is 5.41 Å². The number of hydrogen-bond donors (Lipinski definition) is 1. The fourth-order valence-electron chi connectivity index (χ4n) is 2.04. The number of hydrogen-bond acceptors (Lipinski definition) is 2. The molecular formula is C17H26BrNO2. The average Bonchev–Trinajstić information content (AvgIpc) is 2.42. The lowest BCUT2D eigenvalue weighted by atomic mass is 9.88. The van der Waals surface area contributed by atoms with Crippen molar-refractivity contribution < 1.29 is 9.53 Å². The summed E-state index contributed by atoms with van der Waals surface area (Å²) in [5.74, 6) is 0.687. The molecular weight excluding hydrogens is 330 g/mol. The molecule has 1 amide bonds. The quantitative estimate of drug-likeness (QED) is 0.701. The van der Waals surface area contributed by atoms with Crippen LogP contribution < -0.4 is 10.1 Å². The molecule has 0 atom stereocenters. The van der Waals surface area contributed by atoms with Crippen LogP contribution in [0.15, 0.2) is 24.3 Å². The number of halogens is 1. The van der Waals surface area contributed by atoms with Crippen molar-refractivity contribution in [3.8, 4) is 5.75 Å². The maximum absolute atomic E-state index is 12.2.